The Labute approximate surface area is 214 Å². The van der Waals surface area contributed by atoms with Crippen molar-refractivity contribution in [2.75, 3.05) is 18.7 Å². The molecule has 0 unspecified atom stereocenters. The first-order valence-corrected chi connectivity index (χ1v) is 12.7. The van der Waals surface area contributed by atoms with Crippen LogP contribution in [-0.4, -0.2) is 35.2 Å². The molecule has 35 heavy (non-hydrogen) atoms. The van der Waals surface area contributed by atoms with Crippen LogP contribution in [0.3, 0.4) is 0 Å². The number of rotatable bonds is 8. The SMILES string of the molecule is COc1ccc(C2(C(=O)Nc3cccc(-c4ccc(CNSC)cc4)n3)CCCCC2)cc1.O.O.[HH].[HH]. The summed E-state index contributed by atoms with van der Waals surface area (Å²) in [6.07, 6.45) is 6.97. The van der Waals surface area contributed by atoms with Gasteiger partial charge in [0.2, 0.25) is 5.91 Å². The summed E-state index contributed by atoms with van der Waals surface area (Å²) in [5.74, 6) is 1.41. The van der Waals surface area contributed by atoms with Gasteiger partial charge in [0.25, 0.3) is 0 Å². The Bertz CT molecular complexity index is 1080. The largest absolute Gasteiger partial charge is 0.497 e. The third kappa shape index (κ3) is 6.61. The Morgan fingerprint density at radius 1 is 1.00 bits per heavy atom. The van der Waals surface area contributed by atoms with Gasteiger partial charge in [0.05, 0.1) is 18.2 Å². The van der Waals surface area contributed by atoms with Crippen molar-refractivity contribution in [2.45, 2.75) is 44.1 Å². The lowest BCUT2D eigenvalue weighted by molar-refractivity contribution is -0.122. The molecule has 8 heteroatoms. The molecule has 1 aliphatic rings. The number of carbonyl (C=O) groups is 1. The van der Waals surface area contributed by atoms with Crippen molar-refractivity contribution in [3.8, 4) is 17.0 Å². The van der Waals surface area contributed by atoms with Gasteiger partial charge in [-0.2, -0.15) is 0 Å². The predicted molar refractivity (Wildman–Crippen MR) is 148 cm³/mol. The maximum atomic E-state index is 13.6. The molecule has 0 bridgehead atoms. The maximum Gasteiger partial charge on any atom is 0.236 e. The number of nitrogens with zero attached hydrogens (tertiary/aromatic N) is 1. The monoisotopic (exact) mass is 501 g/mol. The van der Waals surface area contributed by atoms with E-state index in [-0.39, 0.29) is 19.7 Å². The second kappa shape index (κ2) is 13.3. The number of pyridine rings is 1. The van der Waals surface area contributed by atoms with Crippen LogP contribution in [0.25, 0.3) is 11.3 Å². The van der Waals surface area contributed by atoms with Crippen LogP contribution in [0.5, 0.6) is 5.75 Å². The van der Waals surface area contributed by atoms with Crippen LogP contribution in [0.1, 0.15) is 46.1 Å². The molecule has 1 saturated carbocycles. The first kappa shape index (κ1) is 28.3. The molecule has 4 rings (SSSR count). The van der Waals surface area contributed by atoms with Gasteiger partial charge in [-0.05, 0) is 54.5 Å². The lowest BCUT2D eigenvalue weighted by Crippen LogP contribution is -2.42. The summed E-state index contributed by atoms with van der Waals surface area (Å²) in [7, 11) is 1.66. The van der Waals surface area contributed by atoms with E-state index < -0.39 is 5.41 Å². The van der Waals surface area contributed by atoms with Crippen LogP contribution in [0.15, 0.2) is 66.7 Å². The summed E-state index contributed by atoms with van der Waals surface area (Å²) in [5.41, 5.74) is 3.61. The van der Waals surface area contributed by atoms with E-state index in [1.807, 2.05) is 48.7 Å². The number of carbonyl (C=O) groups excluding carboxylic acids is 1. The van der Waals surface area contributed by atoms with Gasteiger partial charge in [0.15, 0.2) is 0 Å². The van der Waals surface area contributed by atoms with E-state index in [4.69, 9.17) is 9.72 Å². The van der Waals surface area contributed by atoms with Crippen molar-refractivity contribution >= 4 is 23.7 Å². The molecule has 1 amide bonds. The number of anilines is 1. The van der Waals surface area contributed by atoms with Crippen molar-refractivity contribution < 1.29 is 23.3 Å². The standard InChI is InChI=1S/C27H31N3O2S.2H2O.2H2/c1-32-23-15-13-22(14-16-23)27(17-4-3-5-18-27)26(31)30-25-8-6-7-24(29-25)21-11-9-20(10-12-21)19-28-33-2;;;;/h6-16,28H,3-5,17-19H2,1-2H3,(H,29,30,31);2*1H2;2*1H. The smallest absolute Gasteiger partial charge is 0.236 e. The Hall–Kier alpha value is -2.91. The van der Waals surface area contributed by atoms with Gasteiger partial charge in [-0.3, -0.25) is 9.52 Å². The first-order chi connectivity index (χ1) is 16.1. The van der Waals surface area contributed by atoms with E-state index in [1.54, 1.807) is 19.1 Å². The fourth-order valence-corrected chi connectivity index (χ4v) is 4.87. The zero-order valence-corrected chi connectivity index (χ0v) is 21.1. The van der Waals surface area contributed by atoms with Crippen LogP contribution >= 0.6 is 11.9 Å². The predicted octanol–water partition coefficient (Wildman–Crippen LogP) is 4.81. The molecule has 0 radical (unpaired) electrons. The van der Waals surface area contributed by atoms with Gasteiger partial charge in [-0.25, -0.2) is 4.98 Å². The normalized spacial score (nSPS) is 14.2. The number of hydrogen-bond acceptors (Lipinski definition) is 5. The quantitative estimate of drug-likeness (QED) is 0.428. The maximum absolute atomic E-state index is 13.6. The highest BCUT2D eigenvalue weighted by molar-refractivity contribution is 7.96. The molecule has 1 heterocycles. The lowest BCUT2D eigenvalue weighted by Gasteiger charge is -2.36. The summed E-state index contributed by atoms with van der Waals surface area (Å²) in [4.78, 5) is 18.4. The summed E-state index contributed by atoms with van der Waals surface area (Å²) in [6.45, 7) is 0.818. The number of aromatic nitrogens is 1. The number of methoxy groups -OCH3 is 1. The zero-order valence-electron chi connectivity index (χ0n) is 20.3. The van der Waals surface area contributed by atoms with Crippen LogP contribution in [-0.2, 0) is 16.8 Å². The fraction of sp³-hybridized carbons (Fsp3) is 0.333. The molecule has 0 saturated heterocycles. The van der Waals surface area contributed by atoms with Crippen molar-refractivity contribution in [3.63, 3.8) is 0 Å². The number of ether oxygens (including phenoxy) is 1. The average molecular weight is 502 g/mol. The van der Waals surface area contributed by atoms with E-state index in [0.717, 1.165) is 54.8 Å². The summed E-state index contributed by atoms with van der Waals surface area (Å²) < 4.78 is 8.57. The number of benzene rings is 2. The number of nitrogens with one attached hydrogen (secondary N) is 2. The lowest BCUT2D eigenvalue weighted by atomic mass is 9.68. The molecular weight excluding hydrogens is 462 g/mol. The highest BCUT2D eigenvalue weighted by Gasteiger charge is 2.41. The molecule has 192 valence electrons. The van der Waals surface area contributed by atoms with Gasteiger partial charge >= 0.3 is 0 Å². The van der Waals surface area contributed by atoms with Crippen LogP contribution in [0, 0.1) is 0 Å². The third-order valence-corrected chi connectivity index (χ3v) is 6.88. The molecule has 0 spiro atoms. The van der Waals surface area contributed by atoms with Crippen molar-refractivity contribution in [1.29, 1.82) is 0 Å². The highest BCUT2D eigenvalue weighted by Crippen LogP contribution is 2.41. The Morgan fingerprint density at radius 2 is 1.69 bits per heavy atom. The number of amides is 1. The van der Waals surface area contributed by atoms with Crippen molar-refractivity contribution in [3.05, 3.63) is 77.9 Å². The Kier molecular flexibility index (Phi) is 10.7. The number of hydrogen-bond donors (Lipinski definition) is 2. The molecule has 0 aliphatic heterocycles. The molecule has 2 aromatic carbocycles. The first-order valence-electron chi connectivity index (χ1n) is 11.4. The topological polar surface area (TPSA) is 126 Å². The average Bonchev–Trinajstić information content (AvgIpc) is 2.88. The van der Waals surface area contributed by atoms with Gasteiger partial charge in [0, 0.05) is 15.0 Å². The molecule has 1 aromatic heterocycles. The summed E-state index contributed by atoms with van der Waals surface area (Å²) in [6, 6.07) is 22.1. The molecule has 3 aromatic rings. The van der Waals surface area contributed by atoms with E-state index in [0.29, 0.717) is 5.82 Å². The Balaban J connectivity index is 0.00000324. The van der Waals surface area contributed by atoms with E-state index in [9.17, 15) is 4.79 Å². The zero-order chi connectivity index (χ0) is 23.1. The van der Waals surface area contributed by atoms with E-state index in [2.05, 4.69) is 34.3 Å². The fourth-order valence-electron chi connectivity index (χ4n) is 4.56. The van der Waals surface area contributed by atoms with Crippen molar-refractivity contribution in [1.82, 2.24) is 9.71 Å². The van der Waals surface area contributed by atoms with Crippen LogP contribution in [0.2, 0.25) is 0 Å². The Morgan fingerprint density at radius 3 is 2.31 bits per heavy atom. The van der Waals surface area contributed by atoms with Gasteiger partial charge in [-0.15, -0.1) is 0 Å². The van der Waals surface area contributed by atoms with Crippen LogP contribution < -0.4 is 14.8 Å². The molecular formula is C27H39N3O4S. The van der Waals surface area contributed by atoms with Crippen LogP contribution in [0.4, 0.5) is 5.82 Å². The molecule has 1 aliphatic carbocycles. The highest BCUT2D eigenvalue weighted by atomic mass is 32.2. The minimum atomic E-state index is -0.534. The second-order valence-corrected chi connectivity index (χ2v) is 9.15. The second-order valence-electron chi connectivity index (χ2n) is 8.46. The van der Waals surface area contributed by atoms with E-state index in [1.165, 1.54) is 12.0 Å². The van der Waals surface area contributed by atoms with Gasteiger partial charge in [0.1, 0.15) is 11.6 Å². The minimum absolute atomic E-state index is 0. The molecule has 7 nitrogen and oxygen atoms in total. The summed E-state index contributed by atoms with van der Waals surface area (Å²) >= 11 is 1.61. The third-order valence-electron chi connectivity index (χ3n) is 6.45. The van der Waals surface area contributed by atoms with E-state index >= 15 is 0 Å². The molecule has 1 fully saturated rings. The van der Waals surface area contributed by atoms with Crippen molar-refractivity contribution in [2.24, 2.45) is 0 Å². The van der Waals surface area contributed by atoms with Gasteiger partial charge < -0.3 is 21.0 Å². The summed E-state index contributed by atoms with van der Waals surface area (Å²) in [5, 5.41) is 3.13. The molecule has 0 atom stereocenters. The minimum Gasteiger partial charge on any atom is -0.497 e. The van der Waals surface area contributed by atoms with Gasteiger partial charge in [-0.1, -0.05) is 73.7 Å². The molecule has 6 N–H and O–H groups in total.